The van der Waals surface area contributed by atoms with Crippen molar-refractivity contribution in [2.75, 3.05) is 20.6 Å². The van der Waals surface area contributed by atoms with E-state index in [0.717, 1.165) is 34.6 Å². The number of thiazole rings is 1. The molecule has 0 fully saturated rings. The Kier molecular flexibility index (Phi) is 6.30. The van der Waals surface area contributed by atoms with Crippen LogP contribution in [-0.2, 0) is 11.2 Å². The topological polar surface area (TPSA) is 45.7 Å². The second-order valence-corrected chi connectivity index (χ2v) is 11.3. The molecule has 1 atom stereocenters. The van der Waals surface area contributed by atoms with Crippen molar-refractivity contribution in [1.82, 2.24) is 14.8 Å². The van der Waals surface area contributed by atoms with Crippen molar-refractivity contribution < 1.29 is 9.53 Å². The summed E-state index contributed by atoms with van der Waals surface area (Å²) in [6.45, 7) is 13.0. The van der Waals surface area contributed by atoms with Gasteiger partial charge < -0.3 is 9.64 Å². The second-order valence-electron chi connectivity index (χ2n) is 10.2. The number of allylic oxidation sites excluding steroid dienone is 1. The van der Waals surface area contributed by atoms with Crippen molar-refractivity contribution in [2.24, 2.45) is 5.92 Å². The summed E-state index contributed by atoms with van der Waals surface area (Å²) in [6.07, 6.45) is 3.72. The van der Waals surface area contributed by atoms with Gasteiger partial charge in [-0.1, -0.05) is 19.1 Å². The molecule has 0 radical (unpaired) electrons. The number of nitrogens with zero attached hydrogens (tertiary/aromatic N) is 3. The van der Waals surface area contributed by atoms with Crippen LogP contribution in [0.25, 0.3) is 15.9 Å². The zero-order chi connectivity index (χ0) is 22.3. The molecular weight excluding hydrogens is 394 g/mol. The van der Waals surface area contributed by atoms with E-state index >= 15 is 0 Å². The Morgan fingerprint density at radius 1 is 1.27 bits per heavy atom. The molecule has 1 aromatic carbocycles. The molecule has 30 heavy (non-hydrogen) atoms. The van der Waals surface area contributed by atoms with Crippen LogP contribution >= 0.6 is 11.3 Å². The lowest BCUT2D eigenvalue weighted by Gasteiger charge is -2.33. The SMILES string of the molecule is C[C@H]1CC=C(c2ccc3sc(CC(C)(C)N(C)C)nc3c2)N(C(=O)OC(C)(C)C)C1. The maximum absolute atomic E-state index is 12.9. The molecule has 0 aliphatic carbocycles. The summed E-state index contributed by atoms with van der Waals surface area (Å²) < 4.78 is 6.85. The van der Waals surface area contributed by atoms with Crippen molar-refractivity contribution in [3.63, 3.8) is 0 Å². The molecule has 1 aliphatic rings. The summed E-state index contributed by atoms with van der Waals surface area (Å²) in [5.74, 6) is 0.407. The molecule has 0 bridgehead atoms. The van der Waals surface area contributed by atoms with E-state index in [1.807, 2.05) is 20.8 Å². The molecule has 1 amide bonds. The molecule has 0 unspecified atom stereocenters. The van der Waals surface area contributed by atoms with Crippen LogP contribution in [0, 0.1) is 5.92 Å². The Balaban J connectivity index is 1.91. The number of aromatic nitrogens is 1. The van der Waals surface area contributed by atoms with Gasteiger partial charge in [-0.3, -0.25) is 4.90 Å². The lowest BCUT2D eigenvalue weighted by atomic mass is 9.98. The number of benzene rings is 1. The van der Waals surface area contributed by atoms with Gasteiger partial charge in [0.25, 0.3) is 0 Å². The summed E-state index contributed by atoms with van der Waals surface area (Å²) >= 11 is 1.75. The first-order chi connectivity index (χ1) is 13.9. The molecule has 0 saturated heterocycles. The molecule has 3 rings (SSSR count). The number of ether oxygens (including phenoxy) is 1. The number of carbonyl (C=O) groups excluding carboxylic acids is 1. The lowest BCUT2D eigenvalue weighted by molar-refractivity contribution is 0.0327. The highest BCUT2D eigenvalue weighted by Crippen LogP contribution is 2.33. The molecule has 1 aromatic heterocycles. The number of rotatable bonds is 4. The van der Waals surface area contributed by atoms with Crippen LogP contribution in [0.4, 0.5) is 4.79 Å². The Hall–Kier alpha value is -1.92. The first kappa shape index (κ1) is 22.8. The highest BCUT2D eigenvalue weighted by molar-refractivity contribution is 7.18. The first-order valence-electron chi connectivity index (χ1n) is 10.6. The summed E-state index contributed by atoms with van der Waals surface area (Å²) in [6, 6.07) is 6.33. The Morgan fingerprint density at radius 3 is 2.60 bits per heavy atom. The minimum absolute atomic E-state index is 0.0479. The molecule has 2 heterocycles. The zero-order valence-electron chi connectivity index (χ0n) is 19.6. The third-order valence-electron chi connectivity index (χ3n) is 5.63. The largest absolute Gasteiger partial charge is 0.443 e. The molecule has 2 aromatic rings. The smallest absolute Gasteiger partial charge is 0.414 e. The van der Waals surface area contributed by atoms with Gasteiger partial charge in [0.1, 0.15) is 5.60 Å². The third-order valence-corrected chi connectivity index (χ3v) is 6.67. The van der Waals surface area contributed by atoms with Crippen molar-refractivity contribution in [1.29, 1.82) is 0 Å². The Labute approximate surface area is 184 Å². The summed E-state index contributed by atoms with van der Waals surface area (Å²) in [7, 11) is 4.21. The van der Waals surface area contributed by atoms with E-state index in [1.165, 1.54) is 4.70 Å². The van der Waals surface area contributed by atoms with E-state index in [4.69, 9.17) is 9.72 Å². The van der Waals surface area contributed by atoms with Gasteiger partial charge in [-0.05, 0) is 73.2 Å². The van der Waals surface area contributed by atoms with Crippen molar-refractivity contribution in [3.8, 4) is 0 Å². The van der Waals surface area contributed by atoms with Gasteiger partial charge in [-0.15, -0.1) is 11.3 Å². The average molecular weight is 430 g/mol. The lowest BCUT2D eigenvalue weighted by Crippen LogP contribution is -2.40. The standard InChI is InChI=1S/C24H35N3O2S/c1-16-9-11-19(27(15-16)22(28)29-23(2,3)4)17-10-12-20-18(13-17)25-21(30-20)14-24(5,6)26(7)8/h10-13,16H,9,14-15H2,1-8H3/t16-/m0/s1. The van der Waals surface area contributed by atoms with Crippen LogP contribution in [0.3, 0.4) is 0 Å². The maximum atomic E-state index is 12.9. The molecule has 6 heteroatoms. The summed E-state index contributed by atoms with van der Waals surface area (Å²) in [5.41, 5.74) is 2.46. The van der Waals surface area contributed by atoms with Crippen LogP contribution in [-0.4, -0.2) is 52.7 Å². The zero-order valence-corrected chi connectivity index (χ0v) is 20.4. The van der Waals surface area contributed by atoms with Gasteiger partial charge in [-0.2, -0.15) is 0 Å². The van der Waals surface area contributed by atoms with Crippen LogP contribution in [0.2, 0.25) is 0 Å². The monoisotopic (exact) mass is 429 g/mol. The fourth-order valence-electron chi connectivity index (χ4n) is 3.41. The molecule has 0 N–H and O–H groups in total. The molecular formula is C24H35N3O2S. The van der Waals surface area contributed by atoms with Gasteiger partial charge >= 0.3 is 6.09 Å². The van der Waals surface area contributed by atoms with E-state index in [1.54, 1.807) is 16.2 Å². The second kappa shape index (κ2) is 8.31. The Bertz CT molecular complexity index is 953. The minimum Gasteiger partial charge on any atom is -0.443 e. The average Bonchev–Trinajstić information content (AvgIpc) is 3.00. The molecule has 0 spiro atoms. The number of fused-ring (bicyclic) bond motifs is 1. The fraction of sp³-hybridized carbons (Fsp3) is 0.583. The van der Waals surface area contributed by atoms with Gasteiger partial charge in [0.15, 0.2) is 0 Å². The normalized spacial score (nSPS) is 18.1. The van der Waals surface area contributed by atoms with Crippen LogP contribution in [0.1, 0.15) is 58.5 Å². The van der Waals surface area contributed by atoms with Crippen molar-refractivity contribution in [3.05, 3.63) is 34.8 Å². The highest BCUT2D eigenvalue weighted by atomic mass is 32.1. The summed E-state index contributed by atoms with van der Waals surface area (Å²) in [4.78, 5) is 21.8. The molecule has 164 valence electrons. The number of hydrogen-bond acceptors (Lipinski definition) is 5. The summed E-state index contributed by atoms with van der Waals surface area (Å²) in [5, 5.41) is 1.14. The number of amides is 1. The predicted molar refractivity (Wildman–Crippen MR) is 126 cm³/mol. The number of carbonyl (C=O) groups is 1. The van der Waals surface area contributed by atoms with E-state index in [-0.39, 0.29) is 11.6 Å². The van der Waals surface area contributed by atoms with Crippen molar-refractivity contribution >= 4 is 33.3 Å². The van der Waals surface area contributed by atoms with E-state index < -0.39 is 5.60 Å². The minimum atomic E-state index is -0.518. The van der Waals surface area contributed by atoms with Gasteiger partial charge in [-0.25, -0.2) is 9.78 Å². The maximum Gasteiger partial charge on any atom is 0.414 e. The van der Waals surface area contributed by atoms with Crippen LogP contribution < -0.4 is 0 Å². The van der Waals surface area contributed by atoms with E-state index in [2.05, 4.69) is 64.0 Å². The van der Waals surface area contributed by atoms with Gasteiger partial charge in [0.05, 0.1) is 20.9 Å². The fourth-order valence-corrected chi connectivity index (χ4v) is 4.58. The van der Waals surface area contributed by atoms with Gasteiger partial charge in [0.2, 0.25) is 0 Å². The van der Waals surface area contributed by atoms with Gasteiger partial charge in [0, 0.05) is 24.1 Å². The molecule has 1 aliphatic heterocycles. The molecule has 0 saturated carbocycles. The third kappa shape index (κ3) is 5.22. The first-order valence-corrected chi connectivity index (χ1v) is 11.5. The number of hydrogen-bond donors (Lipinski definition) is 0. The van der Waals surface area contributed by atoms with E-state index in [9.17, 15) is 4.79 Å². The van der Waals surface area contributed by atoms with E-state index in [0.29, 0.717) is 12.5 Å². The van der Waals surface area contributed by atoms with Crippen LogP contribution in [0.15, 0.2) is 24.3 Å². The van der Waals surface area contributed by atoms with Crippen LogP contribution in [0.5, 0.6) is 0 Å². The molecule has 5 nitrogen and oxygen atoms in total. The Morgan fingerprint density at radius 2 is 1.97 bits per heavy atom. The number of likely N-dealkylation sites (N-methyl/N-ethyl adjacent to an activating group) is 1. The highest BCUT2D eigenvalue weighted by Gasteiger charge is 2.29. The van der Waals surface area contributed by atoms with Crippen molar-refractivity contribution in [2.45, 2.75) is 65.5 Å². The predicted octanol–water partition coefficient (Wildman–Crippen LogP) is 5.80. The quantitative estimate of drug-likeness (QED) is 0.616.